The first-order valence-electron chi connectivity index (χ1n) is 6.92. The van der Waals surface area contributed by atoms with Crippen LogP contribution in [0.1, 0.15) is 30.6 Å². The number of carbonyl (C=O) groups excluding carboxylic acids is 1. The van der Waals surface area contributed by atoms with Gasteiger partial charge in [0.15, 0.2) is 11.5 Å². The highest BCUT2D eigenvalue weighted by Crippen LogP contribution is 2.33. The number of aliphatic hydroxyl groups excluding tert-OH is 1. The van der Waals surface area contributed by atoms with Crippen LogP contribution in [0.3, 0.4) is 0 Å². The van der Waals surface area contributed by atoms with E-state index in [-0.39, 0.29) is 18.6 Å². The average Bonchev–Trinajstić information content (AvgIpc) is 2.45. The van der Waals surface area contributed by atoms with Crippen LogP contribution in [0.2, 0.25) is 0 Å². The molecule has 20 heavy (non-hydrogen) atoms. The molecule has 1 aromatic carbocycles. The van der Waals surface area contributed by atoms with Crippen LogP contribution in [0, 0.1) is 5.92 Å². The van der Waals surface area contributed by atoms with Crippen LogP contribution in [0.5, 0.6) is 11.5 Å². The van der Waals surface area contributed by atoms with Crippen LogP contribution in [0.15, 0.2) is 18.2 Å². The lowest BCUT2D eigenvalue weighted by molar-refractivity contribution is 0.0897. The van der Waals surface area contributed by atoms with Crippen LogP contribution in [0.25, 0.3) is 0 Å². The van der Waals surface area contributed by atoms with Gasteiger partial charge >= 0.3 is 0 Å². The number of ether oxygens (including phenoxy) is 2. The van der Waals surface area contributed by atoms with Crippen molar-refractivity contribution in [2.45, 2.75) is 26.3 Å². The van der Waals surface area contributed by atoms with Crippen molar-refractivity contribution in [2.75, 3.05) is 19.8 Å². The van der Waals surface area contributed by atoms with E-state index >= 15 is 0 Å². The number of para-hydroxylation sites is 1. The smallest absolute Gasteiger partial charge is 0.255 e. The van der Waals surface area contributed by atoms with Crippen LogP contribution >= 0.6 is 0 Å². The Labute approximate surface area is 118 Å². The minimum atomic E-state index is -0.247. The van der Waals surface area contributed by atoms with Crippen LogP contribution in [-0.4, -0.2) is 36.9 Å². The second kappa shape index (κ2) is 6.61. The molecule has 5 nitrogen and oxygen atoms in total. The van der Waals surface area contributed by atoms with Gasteiger partial charge in [-0.2, -0.15) is 0 Å². The molecule has 0 saturated carbocycles. The van der Waals surface area contributed by atoms with E-state index in [1.807, 2.05) is 0 Å². The van der Waals surface area contributed by atoms with E-state index < -0.39 is 0 Å². The zero-order chi connectivity index (χ0) is 14.5. The molecule has 2 rings (SSSR count). The van der Waals surface area contributed by atoms with Gasteiger partial charge in [0.25, 0.3) is 5.91 Å². The summed E-state index contributed by atoms with van der Waals surface area (Å²) < 4.78 is 11.0. The summed E-state index contributed by atoms with van der Waals surface area (Å²) in [6.45, 7) is 4.96. The highest BCUT2D eigenvalue weighted by molar-refractivity contribution is 5.98. The van der Waals surface area contributed by atoms with Crippen molar-refractivity contribution in [2.24, 2.45) is 5.92 Å². The third kappa shape index (κ3) is 3.42. The Balaban J connectivity index is 2.13. The molecule has 0 radical (unpaired) electrons. The number of rotatable bonds is 5. The minimum absolute atomic E-state index is 0.0731. The number of hydrogen-bond acceptors (Lipinski definition) is 4. The lowest BCUT2D eigenvalue weighted by Gasteiger charge is -2.22. The third-order valence-corrected chi connectivity index (χ3v) is 3.12. The van der Waals surface area contributed by atoms with Crippen LogP contribution in [0.4, 0.5) is 0 Å². The average molecular weight is 279 g/mol. The van der Waals surface area contributed by atoms with E-state index in [1.165, 1.54) is 0 Å². The van der Waals surface area contributed by atoms with Crippen molar-refractivity contribution in [1.29, 1.82) is 0 Å². The third-order valence-electron chi connectivity index (χ3n) is 3.12. The van der Waals surface area contributed by atoms with Gasteiger partial charge in [0.05, 0.1) is 18.2 Å². The first-order valence-corrected chi connectivity index (χ1v) is 6.92. The molecule has 5 heteroatoms. The molecule has 110 valence electrons. The predicted molar refractivity (Wildman–Crippen MR) is 75.2 cm³/mol. The standard InChI is InChI=1S/C15H21NO4/c1-10(2)8-11(9-17)16-15(18)12-4-3-5-13-14(12)20-7-6-19-13/h3-5,10-11,17H,6-9H2,1-2H3,(H,16,18). The van der Waals surface area contributed by atoms with Gasteiger partial charge in [-0.25, -0.2) is 0 Å². The van der Waals surface area contributed by atoms with Crippen molar-refractivity contribution in [3.8, 4) is 11.5 Å². The Bertz CT molecular complexity index is 473. The maximum absolute atomic E-state index is 12.3. The Hall–Kier alpha value is -1.75. The van der Waals surface area contributed by atoms with Gasteiger partial charge in [0.1, 0.15) is 13.2 Å². The summed E-state index contributed by atoms with van der Waals surface area (Å²) in [5, 5.41) is 12.2. The quantitative estimate of drug-likeness (QED) is 0.859. The zero-order valence-corrected chi connectivity index (χ0v) is 11.9. The summed E-state index contributed by atoms with van der Waals surface area (Å²) >= 11 is 0. The molecule has 1 atom stereocenters. The molecular weight excluding hydrogens is 258 g/mol. The number of hydrogen-bond donors (Lipinski definition) is 2. The second-order valence-electron chi connectivity index (χ2n) is 5.31. The molecule has 2 N–H and O–H groups in total. The van der Waals surface area contributed by atoms with Crippen molar-refractivity contribution in [1.82, 2.24) is 5.32 Å². The zero-order valence-electron chi connectivity index (χ0n) is 11.9. The fourth-order valence-electron chi connectivity index (χ4n) is 2.26. The van der Waals surface area contributed by atoms with Gasteiger partial charge in [0.2, 0.25) is 0 Å². The molecule has 0 spiro atoms. The van der Waals surface area contributed by atoms with E-state index in [9.17, 15) is 9.90 Å². The summed E-state index contributed by atoms with van der Waals surface area (Å²) in [5.74, 6) is 1.23. The summed E-state index contributed by atoms with van der Waals surface area (Å²) in [6, 6.07) is 5.00. The molecule has 0 bridgehead atoms. The fourth-order valence-corrected chi connectivity index (χ4v) is 2.26. The lowest BCUT2D eigenvalue weighted by Crippen LogP contribution is -2.38. The molecule has 1 heterocycles. The topological polar surface area (TPSA) is 67.8 Å². The van der Waals surface area contributed by atoms with E-state index in [0.717, 1.165) is 6.42 Å². The Morgan fingerprint density at radius 2 is 2.10 bits per heavy atom. The second-order valence-corrected chi connectivity index (χ2v) is 5.31. The summed E-state index contributed by atoms with van der Waals surface area (Å²) in [6.07, 6.45) is 0.731. The first-order chi connectivity index (χ1) is 9.61. The molecule has 0 aliphatic carbocycles. The normalized spacial score (nSPS) is 15.0. The van der Waals surface area contributed by atoms with E-state index in [2.05, 4.69) is 19.2 Å². The van der Waals surface area contributed by atoms with E-state index in [1.54, 1.807) is 18.2 Å². The Kier molecular flexibility index (Phi) is 4.84. The largest absolute Gasteiger partial charge is 0.486 e. The van der Waals surface area contributed by atoms with Crippen molar-refractivity contribution >= 4 is 5.91 Å². The van der Waals surface area contributed by atoms with Gasteiger partial charge in [-0.1, -0.05) is 19.9 Å². The van der Waals surface area contributed by atoms with Gasteiger partial charge in [-0.05, 0) is 24.5 Å². The Morgan fingerprint density at radius 1 is 1.35 bits per heavy atom. The fraction of sp³-hybridized carbons (Fsp3) is 0.533. The van der Waals surface area contributed by atoms with Crippen molar-refractivity contribution < 1.29 is 19.4 Å². The van der Waals surface area contributed by atoms with Gasteiger partial charge in [-0.15, -0.1) is 0 Å². The van der Waals surface area contributed by atoms with Gasteiger partial charge in [0, 0.05) is 0 Å². The Morgan fingerprint density at radius 3 is 2.80 bits per heavy atom. The van der Waals surface area contributed by atoms with Crippen LogP contribution in [-0.2, 0) is 0 Å². The molecule has 1 amide bonds. The van der Waals surface area contributed by atoms with Crippen LogP contribution < -0.4 is 14.8 Å². The lowest BCUT2D eigenvalue weighted by atomic mass is 10.0. The molecule has 1 aliphatic heterocycles. The monoisotopic (exact) mass is 279 g/mol. The number of carbonyl (C=O) groups is 1. The number of benzene rings is 1. The molecule has 0 fully saturated rings. The summed E-state index contributed by atoms with van der Waals surface area (Å²) in [4.78, 5) is 12.3. The van der Waals surface area contributed by atoms with E-state index in [4.69, 9.17) is 9.47 Å². The molecule has 0 aromatic heterocycles. The van der Waals surface area contributed by atoms with Gasteiger partial charge in [-0.3, -0.25) is 4.79 Å². The maximum atomic E-state index is 12.3. The first kappa shape index (κ1) is 14.7. The summed E-state index contributed by atoms with van der Waals surface area (Å²) in [5.41, 5.74) is 0.449. The number of amides is 1. The molecule has 0 saturated heterocycles. The van der Waals surface area contributed by atoms with Gasteiger partial charge < -0.3 is 19.9 Å². The van der Waals surface area contributed by atoms with Crippen molar-refractivity contribution in [3.63, 3.8) is 0 Å². The number of nitrogens with one attached hydrogen (secondary N) is 1. The van der Waals surface area contributed by atoms with Crippen molar-refractivity contribution in [3.05, 3.63) is 23.8 Å². The highest BCUT2D eigenvalue weighted by atomic mass is 16.6. The number of aliphatic hydroxyl groups is 1. The molecule has 1 aromatic rings. The minimum Gasteiger partial charge on any atom is -0.486 e. The molecule has 1 aliphatic rings. The SMILES string of the molecule is CC(C)CC(CO)NC(=O)c1cccc2c1OCCO2. The summed E-state index contributed by atoms with van der Waals surface area (Å²) in [7, 11) is 0. The van der Waals surface area contributed by atoms with E-state index in [0.29, 0.717) is 36.2 Å². The maximum Gasteiger partial charge on any atom is 0.255 e. The molecule has 1 unspecified atom stereocenters. The molecular formula is C15H21NO4. The predicted octanol–water partition coefficient (Wildman–Crippen LogP) is 1.59. The number of fused-ring (bicyclic) bond motifs is 1. The highest BCUT2D eigenvalue weighted by Gasteiger charge is 2.22.